The zero-order valence-corrected chi connectivity index (χ0v) is 9.20. The third kappa shape index (κ3) is 8.34. The molecule has 0 aromatic heterocycles. The predicted molar refractivity (Wildman–Crippen MR) is 44.8 cm³/mol. The van der Waals surface area contributed by atoms with Gasteiger partial charge in [-0.15, -0.1) is 0 Å². The number of hydrogen-bond donors (Lipinski definition) is 0. The molecule has 8 heteroatoms. The Labute approximate surface area is 84.8 Å². The Balaban J connectivity index is 4.01. The highest BCUT2D eigenvalue weighted by molar-refractivity contribution is 6.64. The summed E-state index contributed by atoms with van der Waals surface area (Å²) < 4.78 is 63.7. The van der Waals surface area contributed by atoms with Crippen LogP contribution >= 0.6 is 0 Å². The molecule has 0 radical (unpaired) electrons. The van der Waals surface area contributed by atoms with Crippen LogP contribution in [0.1, 0.15) is 6.92 Å². The molecule has 0 aliphatic carbocycles. The summed E-state index contributed by atoms with van der Waals surface area (Å²) in [5.41, 5.74) is 0. The predicted octanol–water partition coefficient (Wildman–Crippen LogP) is 2.74. The van der Waals surface area contributed by atoms with E-state index in [1.165, 1.54) is 0 Å². The molecule has 0 saturated heterocycles. The van der Waals surface area contributed by atoms with Gasteiger partial charge in [0.25, 0.3) is 0 Å². The Morgan fingerprint density at radius 1 is 1.40 bits per heavy atom. The molecule has 0 aliphatic rings. The normalized spacial score (nSPS) is 14.9. The van der Waals surface area contributed by atoms with E-state index in [2.05, 4.69) is 4.74 Å². The van der Waals surface area contributed by atoms with Crippen molar-refractivity contribution >= 4 is 14.7 Å². The van der Waals surface area contributed by atoms with Gasteiger partial charge >= 0.3 is 20.9 Å². The van der Waals surface area contributed by atoms with E-state index in [0.717, 1.165) is 13.5 Å². The van der Waals surface area contributed by atoms with Crippen molar-refractivity contribution in [1.29, 1.82) is 0 Å². The lowest BCUT2D eigenvalue weighted by atomic mass is 10.2. The van der Waals surface area contributed by atoms with E-state index in [9.17, 15) is 26.2 Å². The van der Waals surface area contributed by atoms with Crippen LogP contribution in [0, 0.1) is 5.92 Å². The average molecular weight is 250 g/mol. The monoisotopic (exact) mass is 250 g/mol. The zero-order valence-electron chi connectivity index (χ0n) is 8.20. The van der Waals surface area contributed by atoms with Crippen molar-refractivity contribution in [3.05, 3.63) is 0 Å². The summed E-state index contributed by atoms with van der Waals surface area (Å²) in [6.45, 7) is 0.122. The van der Waals surface area contributed by atoms with Crippen LogP contribution in [0.2, 0.25) is 12.6 Å². The highest BCUT2D eigenvalue weighted by Gasteiger charge is 2.35. The molecule has 0 fully saturated rings. The Morgan fingerprint density at radius 3 is 2.20 bits per heavy atom. The minimum absolute atomic E-state index is 0.691. The van der Waals surface area contributed by atoms with Gasteiger partial charge in [-0.1, -0.05) is 6.92 Å². The first-order valence-electron chi connectivity index (χ1n) is 4.12. The molecule has 1 atom stereocenters. The van der Waals surface area contributed by atoms with Crippen LogP contribution in [0.4, 0.5) is 21.4 Å². The molecule has 0 aromatic carbocycles. The van der Waals surface area contributed by atoms with E-state index in [1.54, 1.807) is 0 Å². The van der Waals surface area contributed by atoms with Crippen LogP contribution < -0.4 is 0 Å². The third-order valence-corrected chi connectivity index (χ3v) is 2.77. The molecule has 2 nitrogen and oxygen atoms in total. The van der Waals surface area contributed by atoms with Crippen molar-refractivity contribution < 1.29 is 30.9 Å². The number of rotatable bonds is 4. The minimum atomic E-state index is -4.62. The second-order valence-electron chi connectivity index (χ2n) is 3.40. The molecule has 0 saturated carbocycles. The van der Waals surface area contributed by atoms with Gasteiger partial charge in [-0.05, 0) is 6.55 Å². The Kier molecular flexibility index (Phi) is 4.69. The van der Waals surface area contributed by atoms with Crippen LogP contribution in [0.25, 0.3) is 0 Å². The van der Waals surface area contributed by atoms with Gasteiger partial charge in [-0.25, -0.2) is 0 Å². The largest absolute Gasteiger partial charge is 0.456 e. The summed E-state index contributed by atoms with van der Waals surface area (Å²) in [4.78, 5) is 10.8. The topological polar surface area (TPSA) is 26.3 Å². The van der Waals surface area contributed by atoms with E-state index in [4.69, 9.17) is 0 Å². The maximum Gasteiger partial charge on any atom is 0.422 e. The first-order valence-corrected chi connectivity index (χ1v) is 6.59. The van der Waals surface area contributed by atoms with Crippen LogP contribution in [0.3, 0.4) is 0 Å². The number of esters is 1. The lowest BCUT2D eigenvalue weighted by Gasteiger charge is -2.14. The quantitative estimate of drug-likeness (QED) is 0.332. The second kappa shape index (κ2) is 4.91. The summed E-state index contributed by atoms with van der Waals surface area (Å²) in [6, 6.07) is -0.691. The first kappa shape index (κ1) is 14.3. The molecule has 0 N–H and O–H groups in total. The highest BCUT2D eigenvalue weighted by Crippen LogP contribution is 2.21. The van der Waals surface area contributed by atoms with Gasteiger partial charge in [-0.2, -0.15) is 13.2 Å². The van der Waals surface area contributed by atoms with Crippen molar-refractivity contribution in [3.8, 4) is 0 Å². The molecule has 0 bridgehead atoms. The van der Waals surface area contributed by atoms with Gasteiger partial charge in [0.05, 0.1) is 5.92 Å². The summed E-state index contributed by atoms with van der Waals surface area (Å²) in [5.74, 6) is -2.43. The molecule has 0 aromatic rings. The molecular formula is C7H11F5O2Si. The number of hydrogen-bond acceptors (Lipinski definition) is 2. The van der Waals surface area contributed by atoms with Gasteiger partial charge in [0.15, 0.2) is 6.61 Å². The summed E-state index contributed by atoms with van der Waals surface area (Å²) in [5, 5.41) is 0. The summed E-state index contributed by atoms with van der Waals surface area (Å²) >= 11 is 0. The number of ether oxygens (including phenoxy) is 1. The van der Waals surface area contributed by atoms with Crippen molar-refractivity contribution in [2.24, 2.45) is 5.92 Å². The van der Waals surface area contributed by atoms with Crippen LogP contribution in [-0.4, -0.2) is 27.5 Å². The molecule has 1 unspecified atom stereocenters. The second-order valence-corrected chi connectivity index (χ2v) is 5.95. The maximum absolute atomic E-state index is 12.5. The zero-order chi connectivity index (χ0) is 12.3. The molecular weight excluding hydrogens is 239 g/mol. The van der Waals surface area contributed by atoms with Crippen molar-refractivity contribution in [2.75, 3.05) is 6.61 Å². The molecule has 0 amide bonds. The van der Waals surface area contributed by atoms with Crippen molar-refractivity contribution in [3.63, 3.8) is 0 Å². The fourth-order valence-electron chi connectivity index (χ4n) is 0.916. The lowest BCUT2D eigenvalue weighted by molar-refractivity contribution is -0.188. The smallest absolute Gasteiger partial charge is 0.422 e. The lowest BCUT2D eigenvalue weighted by Crippen LogP contribution is -2.28. The molecule has 0 spiro atoms. The van der Waals surface area contributed by atoms with E-state index in [1.807, 2.05) is 0 Å². The highest BCUT2D eigenvalue weighted by atomic mass is 28.4. The van der Waals surface area contributed by atoms with E-state index >= 15 is 0 Å². The Hall–Kier alpha value is -0.663. The summed E-state index contributed by atoms with van der Waals surface area (Å²) in [7, 11) is -4.44. The maximum atomic E-state index is 12.5. The first-order chi connectivity index (χ1) is 6.51. The van der Waals surface area contributed by atoms with Gasteiger partial charge in [0, 0.05) is 6.04 Å². The molecule has 0 heterocycles. The fraction of sp³-hybridized carbons (Fsp3) is 0.857. The number of halogens is 5. The number of alkyl halides is 3. The van der Waals surface area contributed by atoms with Gasteiger partial charge in [-0.3, -0.25) is 13.0 Å². The molecule has 0 rings (SSSR count). The van der Waals surface area contributed by atoms with Crippen LogP contribution in [0.15, 0.2) is 0 Å². The average Bonchev–Trinajstić information content (AvgIpc) is 1.95. The number of carbonyl (C=O) groups is 1. The van der Waals surface area contributed by atoms with E-state index < -0.39 is 39.5 Å². The third-order valence-electron chi connectivity index (χ3n) is 1.45. The van der Waals surface area contributed by atoms with Crippen molar-refractivity contribution in [2.45, 2.75) is 25.7 Å². The molecule has 15 heavy (non-hydrogen) atoms. The number of carbonyl (C=O) groups excluding carboxylic acids is 1. The Morgan fingerprint density at radius 2 is 1.87 bits per heavy atom. The van der Waals surface area contributed by atoms with E-state index in [-0.39, 0.29) is 0 Å². The standard InChI is InChI=1S/C7H11F5O2Si/c1-5(3-15(2,11)12)6(13)14-4-7(8,9)10/h5H,3-4H2,1-2H3. The van der Waals surface area contributed by atoms with E-state index in [0.29, 0.717) is 0 Å². The molecule has 0 aliphatic heterocycles. The van der Waals surface area contributed by atoms with Crippen molar-refractivity contribution in [1.82, 2.24) is 0 Å². The van der Waals surface area contributed by atoms with Gasteiger partial charge in [0.1, 0.15) is 0 Å². The Bertz CT molecular complexity index is 222. The SMILES string of the molecule is CC(C[Si](C)(F)F)C(=O)OCC(F)(F)F. The van der Waals surface area contributed by atoms with Crippen LogP contribution in [0.5, 0.6) is 0 Å². The van der Waals surface area contributed by atoms with Gasteiger partial charge < -0.3 is 4.74 Å². The fourth-order valence-corrected chi connectivity index (χ4v) is 2.16. The van der Waals surface area contributed by atoms with Crippen LogP contribution in [-0.2, 0) is 9.53 Å². The minimum Gasteiger partial charge on any atom is -0.456 e. The summed E-state index contributed by atoms with van der Waals surface area (Å²) in [6.07, 6.45) is -4.62. The van der Waals surface area contributed by atoms with Gasteiger partial charge in [0.2, 0.25) is 0 Å². The molecule has 90 valence electrons.